The van der Waals surface area contributed by atoms with Crippen molar-refractivity contribution >= 4 is 22.7 Å². The second-order valence-corrected chi connectivity index (χ2v) is 11.2. The van der Waals surface area contributed by atoms with Crippen LogP contribution >= 0.6 is 0 Å². The van der Waals surface area contributed by atoms with Crippen molar-refractivity contribution in [2.75, 3.05) is 39.3 Å². The molecule has 6 heteroatoms. The average molecular weight is 499 g/mol. The molecule has 0 aliphatic carbocycles. The minimum atomic E-state index is 0.0751. The molecule has 3 saturated heterocycles. The highest BCUT2D eigenvalue weighted by molar-refractivity contribution is 6.09. The van der Waals surface area contributed by atoms with Crippen molar-refractivity contribution in [3.8, 4) is 0 Å². The molecule has 2 amide bonds. The Balaban J connectivity index is 1.10. The first-order chi connectivity index (χ1) is 18.2. The Hall–Kier alpha value is -3.12. The van der Waals surface area contributed by atoms with E-state index in [0.717, 1.165) is 69.2 Å². The van der Waals surface area contributed by atoms with Crippen LogP contribution in [0.1, 0.15) is 64.8 Å². The molecule has 0 bridgehead atoms. The number of nitrogens with zero attached hydrogens (tertiary/aromatic N) is 3. The predicted octanol–water partition coefficient (Wildman–Crippen LogP) is 4.96. The van der Waals surface area contributed by atoms with Gasteiger partial charge in [-0.15, -0.1) is 0 Å². The minimum Gasteiger partial charge on any atom is -0.360 e. The topological polar surface area (TPSA) is 59.7 Å². The maximum absolute atomic E-state index is 13.5. The molecule has 0 unspecified atom stereocenters. The number of nitrogens with one attached hydrogen (secondary N) is 1. The quantitative estimate of drug-likeness (QED) is 0.541. The Morgan fingerprint density at radius 1 is 0.784 bits per heavy atom. The van der Waals surface area contributed by atoms with Crippen molar-refractivity contribution < 1.29 is 9.59 Å². The number of hydrogen-bond donors (Lipinski definition) is 1. The van der Waals surface area contributed by atoms with Gasteiger partial charge in [-0.1, -0.05) is 30.3 Å². The second kappa shape index (κ2) is 10.7. The lowest BCUT2D eigenvalue weighted by Gasteiger charge is -2.36. The zero-order chi connectivity index (χ0) is 25.2. The summed E-state index contributed by atoms with van der Waals surface area (Å²) in [6, 6.07) is 17.0. The fourth-order valence-electron chi connectivity index (χ4n) is 6.61. The van der Waals surface area contributed by atoms with Crippen LogP contribution in [-0.2, 0) is 6.42 Å². The lowest BCUT2D eigenvalue weighted by molar-refractivity contribution is 0.0644. The number of amides is 2. The zero-order valence-electron chi connectivity index (χ0n) is 21.7. The molecule has 0 radical (unpaired) electrons. The van der Waals surface area contributed by atoms with E-state index in [2.05, 4.69) is 40.2 Å². The number of benzene rings is 2. The molecule has 1 aromatic heterocycles. The van der Waals surface area contributed by atoms with E-state index in [0.29, 0.717) is 23.1 Å². The summed E-state index contributed by atoms with van der Waals surface area (Å²) in [7, 11) is 0. The largest absolute Gasteiger partial charge is 0.360 e. The molecule has 2 aromatic carbocycles. The van der Waals surface area contributed by atoms with Crippen LogP contribution in [0.2, 0.25) is 0 Å². The van der Waals surface area contributed by atoms with Crippen molar-refractivity contribution in [1.29, 1.82) is 0 Å². The van der Waals surface area contributed by atoms with Crippen LogP contribution in [0.5, 0.6) is 0 Å². The van der Waals surface area contributed by atoms with Gasteiger partial charge in [-0.2, -0.15) is 0 Å². The third-order valence-corrected chi connectivity index (χ3v) is 8.84. The van der Waals surface area contributed by atoms with Gasteiger partial charge in [0.05, 0.1) is 5.56 Å². The van der Waals surface area contributed by atoms with E-state index in [-0.39, 0.29) is 11.8 Å². The highest BCUT2D eigenvalue weighted by atomic mass is 16.2. The Kier molecular flexibility index (Phi) is 7.01. The van der Waals surface area contributed by atoms with Crippen LogP contribution in [0.25, 0.3) is 10.9 Å². The number of carbonyl (C=O) groups is 2. The molecule has 4 heterocycles. The number of fused-ring (bicyclic) bond motifs is 1. The Morgan fingerprint density at radius 2 is 1.46 bits per heavy atom. The van der Waals surface area contributed by atoms with Crippen LogP contribution in [0.3, 0.4) is 0 Å². The van der Waals surface area contributed by atoms with Crippen molar-refractivity contribution in [3.63, 3.8) is 0 Å². The smallest absolute Gasteiger partial charge is 0.256 e. The molecule has 194 valence electrons. The standard InChI is InChI=1S/C31H38N4O2/c36-30(34-16-10-24(11-17-34)20-23-6-2-1-3-7-23)25-8-9-29-27(21-25)28(22-32-29)31(37)35-18-12-26(13-19-35)33-14-4-5-15-33/h1-3,6-9,21-22,24,26,32H,4-5,10-20H2. The number of piperidine rings is 2. The highest BCUT2D eigenvalue weighted by Crippen LogP contribution is 2.27. The molecule has 6 rings (SSSR count). The summed E-state index contributed by atoms with van der Waals surface area (Å²) in [5.41, 5.74) is 3.65. The second-order valence-electron chi connectivity index (χ2n) is 11.2. The number of likely N-dealkylation sites (tertiary alicyclic amines) is 3. The third-order valence-electron chi connectivity index (χ3n) is 8.84. The Labute approximate surface area is 219 Å². The summed E-state index contributed by atoms with van der Waals surface area (Å²) >= 11 is 0. The number of aromatic nitrogens is 1. The fourth-order valence-corrected chi connectivity index (χ4v) is 6.61. The zero-order valence-corrected chi connectivity index (χ0v) is 21.7. The Bertz CT molecular complexity index is 1230. The van der Waals surface area contributed by atoms with Gasteiger partial charge in [0.25, 0.3) is 11.8 Å². The molecule has 37 heavy (non-hydrogen) atoms. The summed E-state index contributed by atoms with van der Waals surface area (Å²) in [5.74, 6) is 0.779. The molecule has 3 fully saturated rings. The molecule has 1 N–H and O–H groups in total. The van der Waals surface area contributed by atoms with Crippen LogP contribution < -0.4 is 0 Å². The maximum atomic E-state index is 13.5. The molecular formula is C31H38N4O2. The van der Waals surface area contributed by atoms with Crippen molar-refractivity contribution in [3.05, 3.63) is 71.4 Å². The molecule has 3 aromatic rings. The van der Waals surface area contributed by atoms with Gasteiger partial charge in [0.1, 0.15) is 0 Å². The first kappa shape index (κ1) is 24.2. The summed E-state index contributed by atoms with van der Waals surface area (Å²) in [5, 5.41) is 0.858. The number of aromatic amines is 1. The molecule has 3 aliphatic rings. The summed E-state index contributed by atoms with van der Waals surface area (Å²) in [6.45, 7) is 5.62. The van der Waals surface area contributed by atoms with Crippen LogP contribution in [0, 0.1) is 5.92 Å². The molecule has 0 saturated carbocycles. The van der Waals surface area contributed by atoms with E-state index >= 15 is 0 Å². The lowest BCUT2D eigenvalue weighted by atomic mass is 9.90. The van der Waals surface area contributed by atoms with Crippen molar-refractivity contribution in [2.24, 2.45) is 5.92 Å². The van der Waals surface area contributed by atoms with Gasteiger partial charge in [-0.25, -0.2) is 0 Å². The average Bonchev–Trinajstić information content (AvgIpc) is 3.64. The SMILES string of the molecule is O=C(c1ccc2[nH]cc(C(=O)N3CCC(N4CCCC4)CC3)c2c1)N1CCC(Cc2ccccc2)CC1. The minimum absolute atomic E-state index is 0.0751. The van der Waals surface area contributed by atoms with E-state index in [4.69, 9.17) is 0 Å². The third kappa shape index (κ3) is 5.17. The first-order valence-corrected chi connectivity index (χ1v) is 14.1. The maximum Gasteiger partial charge on any atom is 0.256 e. The molecule has 6 nitrogen and oxygen atoms in total. The summed E-state index contributed by atoms with van der Waals surface area (Å²) < 4.78 is 0. The van der Waals surface area contributed by atoms with E-state index in [9.17, 15) is 9.59 Å². The summed E-state index contributed by atoms with van der Waals surface area (Å²) in [6.07, 6.45) is 9.69. The lowest BCUT2D eigenvalue weighted by Crippen LogP contribution is -2.45. The first-order valence-electron chi connectivity index (χ1n) is 14.1. The van der Waals surface area contributed by atoms with Gasteiger partial charge in [-0.3, -0.25) is 9.59 Å². The van der Waals surface area contributed by atoms with Crippen LogP contribution in [0.15, 0.2) is 54.7 Å². The van der Waals surface area contributed by atoms with E-state index in [1.807, 2.05) is 34.2 Å². The van der Waals surface area contributed by atoms with Gasteiger partial charge < -0.3 is 19.7 Å². The number of hydrogen-bond acceptors (Lipinski definition) is 3. The van der Waals surface area contributed by atoms with Crippen molar-refractivity contribution in [2.45, 2.75) is 51.0 Å². The highest BCUT2D eigenvalue weighted by Gasteiger charge is 2.30. The normalized spacial score (nSPS) is 20.1. The van der Waals surface area contributed by atoms with E-state index in [1.165, 1.54) is 31.5 Å². The molecule has 0 spiro atoms. The van der Waals surface area contributed by atoms with Gasteiger partial charge in [0.2, 0.25) is 0 Å². The van der Waals surface area contributed by atoms with Crippen LogP contribution in [-0.4, -0.2) is 76.8 Å². The van der Waals surface area contributed by atoms with Crippen molar-refractivity contribution in [1.82, 2.24) is 19.7 Å². The Morgan fingerprint density at radius 3 is 2.19 bits per heavy atom. The number of rotatable bonds is 5. The van der Waals surface area contributed by atoms with Gasteiger partial charge in [0, 0.05) is 54.9 Å². The van der Waals surface area contributed by atoms with Gasteiger partial charge >= 0.3 is 0 Å². The molecule has 3 aliphatic heterocycles. The van der Waals surface area contributed by atoms with Gasteiger partial charge in [0.15, 0.2) is 0 Å². The summed E-state index contributed by atoms with van der Waals surface area (Å²) in [4.78, 5) is 36.7. The number of H-pyrrole nitrogens is 1. The van der Waals surface area contributed by atoms with E-state index < -0.39 is 0 Å². The fraction of sp³-hybridized carbons (Fsp3) is 0.484. The molecular weight excluding hydrogens is 460 g/mol. The number of carbonyl (C=O) groups excluding carboxylic acids is 2. The monoisotopic (exact) mass is 498 g/mol. The molecule has 0 atom stereocenters. The van der Waals surface area contributed by atoms with E-state index in [1.54, 1.807) is 0 Å². The predicted molar refractivity (Wildman–Crippen MR) is 147 cm³/mol. The van der Waals surface area contributed by atoms with Gasteiger partial charge in [-0.05, 0) is 87.7 Å². The van der Waals surface area contributed by atoms with Crippen LogP contribution in [0.4, 0.5) is 0 Å².